The maximum atomic E-state index is 6.28. The quantitative estimate of drug-likeness (QED) is 0.739. The molecule has 0 aromatic heterocycles. The summed E-state index contributed by atoms with van der Waals surface area (Å²) in [7, 11) is 0. The number of allylic oxidation sites excluding steroid dienone is 4. The van der Waals surface area contributed by atoms with Crippen molar-refractivity contribution in [1.29, 1.82) is 0 Å². The van der Waals surface area contributed by atoms with Gasteiger partial charge in [0.1, 0.15) is 6.61 Å². The first-order chi connectivity index (χ1) is 8.66. The van der Waals surface area contributed by atoms with Crippen LogP contribution >= 0.6 is 11.6 Å². The zero-order valence-corrected chi connectivity index (χ0v) is 11.7. The first kappa shape index (κ1) is 13.2. The Hall–Kier alpha value is -1.21. The molecule has 0 N–H and O–H groups in total. The third kappa shape index (κ3) is 3.39. The molecule has 0 aliphatic heterocycles. The van der Waals surface area contributed by atoms with Gasteiger partial charge in [0, 0.05) is 11.5 Å². The van der Waals surface area contributed by atoms with E-state index in [9.17, 15) is 0 Å². The third-order valence-electron chi connectivity index (χ3n) is 3.20. The minimum Gasteiger partial charge on any atom is -0.493 e. The van der Waals surface area contributed by atoms with Gasteiger partial charge in [-0.05, 0) is 29.6 Å². The van der Waals surface area contributed by atoms with Crippen LogP contribution in [0.25, 0.3) is 0 Å². The highest BCUT2D eigenvalue weighted by atomic mass is 35.5. The second-order valence-corrected chi connectivity index (χ2v) is 5.32. The van der Waals surface area contributed by atoms with Crippen molar-refractivity contribution in [3.05, 3.63) is 58.3 Å². The summed E-state index contributed by atoms with van der Waals surface area (Å²) >= 11 is 6.28. The largest absolute Gasteiger partial charge is 0.493 e. The lowest BCUT2D eigenvalue weighted by Gasteiger charge is -2.20. The standard InChI is InChI=1S/C16H19ClO/c1-12(2)15-9-8-14(10-16(15)17)18-11-13-6-4-3-5-7-13/h3-7,10,12H,8-9,11H2,1-2H3. The predicted octanol–water partition coefficient (Wildman–Crippen LogP) is 5.03. The van der Waals surface area contributed by atoms with E-state index >= 15 is 0 Å². The normalized spacial score (nSPS) is 15.9. The summed E-state index contributed by atoms with van der Waals surface area (Å²) in [5.74, 6) is 1.51. The van der Waals surface area contributed by atoms with Crippen molar-refractivity contribution in [3.8, 4) is 0 Å². The number of hydrogen-bond donors (Lipinski definition) is 0. The van der Waals surface area contributed by atoms with Gasteiger partial charge in [-0.25, -0.2) is 0 Å². The van der Waals surface area contributed by atoms with Gasteiger partial charge >= 0.3 is 0 Å². The lowest BCUT2D eigenvalue weighted by Crippen LogP contribution is -2.04. The fourth-order valence-electron chi connectivity index (χ4n) is 2.11. The van der Waals surface area contributed by atoms with Crippen LogP contribution in [-0.2, 0) is 11.3 Å². The molecule has 1 aromatic rings. The van der Waals surface area contributed by atoms with Gasteiger partial charge < -0.3 is 4.74 Å². The highest BCUT2D eigenvalue weighted by molar-refractivity contribution is 6.31. The molecule has 0 spiro atoms. The second-order valence-electron chi connectivity index (χ2n) is 4.91. The predicted molar refractivity (Wildman–Crippen MR) is 76.3 cm³/mol. The molecule has 18 heavy (non-hydrogen) atoms. The van der Waals surface area contributed by atoms with Crippen LogP contribution in [0.3, 0.4) is 0 Å². The van der Waals surface area contributed by atoms with Crippen molar-refractivity contribution in [2.45, 2.75) is 33.3 Å². The highest BCUT2D eigenvalue weighted by Gasteiger charge is 2.15. The molecule has 2 heteroatoms. The van der Waals surface area contributed by atoms with Gasteiger partial charge in [-0.3, -0.25) is 0 Å². The van der Waals surface area contributed by atoms with Crippen LogP contribution < -0.4 is 0 Å². The summed E-state index contributed by atoms with van der Waals surface area (Å²) in [4.78, 5) is 0. The maximum absolute atomic E-state index is 6.28. The van der Waals surface area contributed by atoms with Crippen molar-refractivity contribution in [3.63, 3.8) is 0 Å². The molecule has 1 aliphatic rings. The van der Waals surface area contributed by atoms with E-state index in [0.717, 1.165) is 23.6 Å². The average molecular weight is 263 g/mol. The SMILES string of the molecule is CC(C)C1=C(Cl)C=C(OCc2ccccc2)CC1. The molecule has 0 saturated carbocycles. The zero-order valence-electron chi connectivity index (χ0n) is 10.9. The Kier molecular flexibility index (Phi) is 4.48. The van der Waals surface area contributed by atoms with E-state index in [1.807, 2.05) is 24.3 Å². The van der Waals surface area contributed by atoms with E-state index in [1.165, 1.54) is 11.1 Å². The first-order valence-electron chi connectivity index (χ1n) is 6.42. The molecule has 0 unspecified atom stereocenters. The van der Waals surface area contributed by atoms with Crippen LogP contribution in [-0.4, -0.2) is 0 Å². The van der Waals surface area contributed by atoms with Crippen LogP contribution in [0.4, 0.5) is 0 Å². The summed E-state index contributed by atoms with van der Waals surface area (Å²) in [6.07, 6.45) is 3.94. The van der Waals surface area contributed by atoms with Gasteiger partial charge in [0.25, 0.3) is 0 Å². The molecule has 0 bridgehead atoms. The van der Waals surface area contributed by atoms with Gasteiger partial charge in [-0.15, -0.1) is 0 Å². The van der Waals surface area contributed by atoms with Crippen LogP contribution in [0.5, 0.6) is 0 Å². The number of halogens is 1. The molecule has 0 saturated heterocycles. The number of rotatable bonds is 4. The Morgan fingerprint density at radius 2 is 1.89 bits per heavy atom. The molecule has 1 aromatic carbocycles. The lowest BCUT2D eigenvalue weighted by atomic mass is 9.94. The van der Waals surface area contributed by atoms with E-state index < -0.39 is 0 Å². The van der Waals surface area contributed by atoms with E-state index in [-0.39, 0.29) is 0 Å². The Morgan fingerprint density at radius 3 is 2.50 bits per heavy atom. The molecular weight excluding hydrogens is 244 g/mol. The van der Waals surface area contributed by atoms with Crippen molar-refractivity contribution in [1.82, 2.24) is 0 Å². The molecule has 2 rings (SSSR count). The molecule has 0 radical (unpaired) electrons. The van der Waals surface area contributed by atoms with Crippen LogP contribution in [0.2, 0.25) is 0 Å². The number of hydrogen-bond acceptors (Lipinski definition) is 1. The minimum absolute atomic E-state index is 0.518. The lowest BCUT2D eigenvalue weighted by molar-refractivity contribution is 0.187. The van der Waals surface area contributed by atoms with E-state index in [4.69, 9.17) is 16.3 Å². The first-order valence-corrected chi connectivity index (χ1v) is 6.80. The Bertz CT molecular complexity index is 457. The number of benzene rings is 1. The van der Waals surface area contributed by atoms with Crippen LogP contribution in [0.15, 0.2) is 52.8 Å². The molecule has 0 atom stereocenters. The van der Waals surface area contributed by atoms with Gasteiger partial charge in [0.05, 0.1) is 5.76 Å². The summed E-state index contributed by atoms with van der Waals surface area (Å²) in [5, 5.41) is 0.860. The maximum Gasteiger partial charge on any atom is 0.113 e. The Balaban J connectivity index is 1.98. The molecule has 0 heterocycles. The second kappa shape index (κ2) is 6.10. The van der Waals surface area contributed by atoms with Crippen molar-refractivity contribution < 1.29 is 4.74 Å². The highest BCUT2D eigenvalue weighted by Crippen LogP contribution is 2.31. The summed E-state index contributed by atoms with van der Waals surface area (Å²) in [6, 6.07) is 10.2. The average Bonchev–Trinajstić information content (AvgIpc) is 2.37. The van der Waals surface area contributed by atoms with E-state index in [0.29, 0.717) is 12.5 Å². The van der Waals surface area contributed by atoms with Crippen molar-refractivity contribution >= 4 is 11.6 Å². The molecule has 96 valence electrons. The molecule has 1 aliphatic carbocycles. The van der Waals surface area contributed by atoms with E-state index in [2.05, 4.69) is 26.0 Å². The Labute approximate surface area is 114 Å². The monoisotopic (exact) mass is 262 g/mol. The fourth-order valence-corrected chi connectivity index (χ4v) is 2.55. The zero-order chi connectivity index (χ0) is 13.0. The smallest absolute Gasteiger partial charge is 0.113 e. The summed E-state index contributed by atoms with van der Waals surface area (Å²) in [6.45, 7) is 4.98. The Morgan fingerprint density at radius 1 is 1.17 bits per heavy atom. The molecular formula is C16H19ClO. The fraction of sp³-hybridized carbons (Fsp3) is 0.375. The van der Waals surface area contributed by atoms with Crippen LogP contribution in [0, 0.1) is 5.92 Å². The van der Waals surface area contributed by atoms with Crippen molar-refractivity contribution in [2.75, 3.05) is 0 Å². The molecule has 0 amide bonds. The summed E-state index contributed by atoms with van der Waals surface area (Å²) < 4.78 is 5.81. The van der Waals surface area contributed by atoms with E-state index in [1.54, 1.807) is 0 Å². The van der Waals surface area contributed by atoms with Gasteiger partial charge in [-0.1, -0.05) is 55.8 Å². The molecule has 0 fully saturated rings. The minimum atomic E-state index is 0.518. The van der Waals surface area contributed by atoms with Crippen LogP contribution in [0.1, 0.15) is 32.3 Å². The molecule has 1 nitrogen and oxygen atoms in total. The van der Waals surface area contributed by atoms with Gasteiger partial charge in [-0.2, -0.15) is 0 Å². The topological polar surface area (TPSA) is 9.23 Å². The van der Waals surface area contributed by atoms with Gasteiger partial charge in [0.15, 0.2) is 0 Å². The van der Waals surface area contributed by atoms with Crippen molar-refractivity contribution in [2.24, 2.45) is 5.92 Å². The third-order valence-corrected chi connectivity index (χ3v) is 3.55. The summed E-state index contributed by atoms with van der Waals surface area (Å²) in [5.41, 5.74) is 2.52. The number of ether oxygens (including phenoxy) is 1. The van der Waals surface area contributed by atoms with Gasteiger partial charge in [0.2, 0.25) is 0 Å².